The van der Waals surface area contributed by atoms with Crippen LogP contribution in [0.25, 0.3) is 10.9 Å². The number of nitrogens with one attached hydrogen (secondary N) is 2. The molecular weight excluding hydrogens is 357 g/mol. The largest absolute Gasteiger partial charge is 0.416 e. The SMILES string of the molecule is ONc1nc(NO)c2cc(Sc3cccc(C(F)(F)F)c3)ccc2n1. The molecular formula is C15H11F3N4O2S. The molecule has 4 N–H and O–H groups in total. The normalized spacial score (nSPS) is 11.6. The van der Waals surface area contributed by atoms with Crippen LogP contribution >= 0.6 is 11.8 Å². The summed E-state index contributed by atoms with van der Waals surface area (Å²) in [5.74, 6) is -0.0598. The number of rotatable bonds is 4. The zero-order valence-corrected chi connectivity index (χ0v) is 13.2. The summed E-state index contributed by atoms with van der Waals surface area (Å²) in [5.41, 5.74) is 3.39. The summed E-state index contributed by atoms with van der Waals surface area (Å²) < 4.78 is 38.4. The minimum atomic E-state index is -4.41. The summed E-state index contributed by atoms with van der Waals surface area (Å²) in [5, 5.41) is 18.5. The van der Waals surface area contributed by atoms with Gasteiger partial charge in [0.2, 0.25) is 5.95 Å². The number of aromatic nitrogens is 2. The molecule has 0 radical (unpaired) electrons. The van der Waals surface area contributed by atoms with Crippen LogP contribution in [0.15, 0.2) is 52.3 Å². The van der Waals surface area contributed by atoms with E-state index in [9.17, 15) is 18.4 Å². The Bertz CT molecular complexity index is 921. The van der Waals surface area contributed by atoms with Gasteiger partial charge in [-0.1, -0.05) is 17.8 Å². The second-order valence-electron chi connectivity index (χ2n) is 4.93. The van der Waals surface area contributed by atoms with Crippen LogP contribution in [0.3, 0.4) is 0 Å². The summed E-state index contributed by atoms with van der Waals surface area (Å²) in [4.78, 5) is 8.91. The topological polar surface area (TPSA) is 90.3 Å². The predicted molar refractivity (Wildman–Crippen MR) is 85.9 cm³/mol. The minimum absolute atomic E-state index is 0.0491. The van der Waals surface area contributed by atoms with E-state index in [0.717, 1.165) is 23.9 Å². The molecule has 0 aliphatic carbocycles. The monoisotopic (exact) mass is 368 g/mol. The molecule has 3 aromatic rings. The van der Waals surface area contributed by atoms with Gasteiger partial charge >= 0.3 is 6.18 Å². The van der Waals surface area contributed by atoms with Crippen molar-refractivity contribution in [2.24, 2.45) is 0 Å². The lowest BCUT2D eigenvalue weighted by atomic mass is 10.2. The molecule has 0 unspecified atom stereocenters. The number of alkyl halides is 3. The fourth-order valence-corrected chi connectivity index (χ4v) is 3.10. The molecule has 130 valence electrons. The van der Waals surface area contributed by atoms with Gasteiger partial charge in [0.1, 0.15) is 0 Å². The Kier molecular flexibility index (Phi) is 4.66. The Labute approximate surface area is 143 Å². The van der Waals surface area contributed by atoms with Crippen LogP contribution in [0.1, 0.15) is 5.56 Å². The highest BCUT2D eigenvalue weighted by molar-refractivity contribution is 7.99. The molecule has 0 bridgehead atoms. The highest BCUT2D eigenvalue weighted by Crippen LogP contribution is 2.35. The van der Waals surface area contributed by atoms with Crippen molar-refractivity contribution in [1.82, 2.24) is 9.97 Å². The molecule has 0 saturated carbocycles. The Morgan fingerprint density at radius 2 is 1.68 bits per heavy atom. The molecule has 1 aromatic heterocycles. The van der Waals surface area contributed by atoms with Gasteiger partial charge in [-0.05, 0) is 36.4 Å². The molecule has 6 nitrogen and oxygen atoms in total. The number of benzene rings is 2. The lowest BCUT2D eigenvalue weighted by Gasteiger charge is -2.10. The predicted octanol–water partition coefficient (Wildman–Crippen LogP) is 4.40. The first kappa shape index (κ1) is 17.3. The number of hydrogen-bond acceptors (Lipinski definition) is 7. The number of anilines is 2. The van der Waals surface area contributed by atoms with Gasteiger partial charge < -0.3 is 0 Å². The van der Waals surface area contributed by atoms with E-state index in [2.05, 4.69) is 9.97 Å². The third kappa shape index (κ3) is 3.76. The highest BCUT2D eigenvalue weighted by Gasteiger charge is 2.30. The van der Waals surface area contributed by atoms with Crippen LogP contribution in [0, 0.1) is 0 Å². The molecule has 0 amide bonds. The summed E-state index contributed by atoms with van der Waals surface area (Å²) >= 11 is 1.13. The van der Waals surface area contributed by atoms with Crippen molar-refractivity contribution in [1.29, 1.82) is 0 Å². The van der Waals surface area contributed by atoms with Crippen molar-refractivity contribution < 1.29 is 23.6 Å². The molecule has 0 aliphatic rings. The Morgan fingerprint density at radius 3 is 2.36 bits per heavy atom. The Balaban J connectivity index is 1.97. The number of nitrogens with zero attached hydrogens (tertiary/aromatic N) is 2. The fraction of sp³-hybridized carbons (Fsp3) is 0.0667. The van der Waals surface area contributed by atoms with E-state index < -0.39 is 11.7 Å². The molecule has 10 heteroatoms. The lowest BCUT2D eigenvalue weighted by Crippen LogP contribution is -2.04. The molecule has 0 aliphatic heterocycles. The van der Waals surface area contributed by atoms with Crippen molar-refractivity contribution in [2.75, 3.05) is 11.0 Å². The van der Waals surface area contributed by atoms with Crippen molar-refractivity contribution in [2.45, 2.75) is 16.0 Å². The van der Waals surface area contributed by atoms with Crippen molar-refractivity contribution >= 4 is 34.4 Å². The van der Waals surface area contributed by atoms with Crippen LogP contribution in [0.5, 0.6) is 0 Å². The lowest BCUT2D eigenvalue weighted by molar-refractivity contribution is -0.137. The van der Waals surface area contributed by atoms with Gasteiger partial charge in [0.15, 0.2) is 5.82 Å². The minimum Gasteiger partial charge on any atom is -0.290 e. The van der Waals surface area contributed by atoms with Crippen molar-refractivity contribution in [3.63, 3.8) is 0 Å². The van der Waals surface area contributed by atoms with E-state index >= 15 is 0 Å². The Hall–Kier alpha value is -2.56. The second-order valence-corrected chi connectivity index (χ2v) is 6.07. The maximum atomic E-state index is 12.8. The second kappa shape index (κ2) is 6.75. The third-order valence-electron chi connectivity index (χ3n) is 3.27. The summed E-state index contributed by atoms with van der Waals surface area (Å²) in [7, 11) is 0. The van der Waals surface area contributed by atoms with Gasteiger partial charge in [-0.15, -0.1) is 0 Å². The number of hydrogen-bond donors (Lipinski definition) is 4. The van der Waals surface area contributed by atoms with Gasteiger partial charge in [0.25, 0.3) is 0 Å². The van der Waals surface area contributed by atoms with E-state index in [1.165, 1.54) is 6.07 Å². The molecule has 0 atom stereocenters. The average Bonchev–Trinajstić information content (AvgIpc) is 2.60. The van der Waals surface area contributed by atoms with Crippen molar-refractivity contribution in [3.05, 3.63) is 48.0 Å². The number of fused-ring (bicyclic) bond motifs is 1. The van der Waals surface area contributed by atoms with E-state index in [1.54, 1.807) is 29.7 Å². The van der Waals surface area contributed by atoms with Crippen LogP contribution in [0.2, 0.25) is 0 Å². The number of halogens is 3. The zero-order valence-electron chi connectivity index (χ0n) is 12.4. The summed E-state index contributed by atoms with van der Waals surface area (Å²) in [6.07, 6.45) is -4.41. The van der Waals surface area contributed by atoms with Crippen molar-refractivity contribution in [3.8, 4) is 0 Å². The molecule has 1 heterocycles. The first-order chi connectivity index (χ1) is 11.9. The maximum Gasteiger partial charge on any atom is 0.416 e. The zero-order chi connectivity index (χ0) is 18.0. The quantitative estimate of drug-likeness (QED) is 0.507. The van der Waals surface area contributed by atoms with Crippen LogP contribution in [-0.4, -0.2) is 20.4 Å². The van der Waals surface area contributed by atoms with E-state index in [-0.39, 0.29) is 11.8 Å². The van der Waals surface area contributed by atoms with E-state index in [4.69, 9.17) is 5.21 Å². The van der Waals surface area contributed by atoms with E-state index in [0.29, 0.717) is 20.7 Å². The first-order valence-electron chi connectivity index (χ1n) is 6.88. The molecule has 0 fully saturated rings. The maximum absolute atomic E-state index is 12.8. The van der Waals surface area contributed by atoms with E-state index in [1.807, 2.05) is 5.48 Å². The summed E-state index contributed by atoms with van der Waals surface area (Å²) in [6, 6.07) is 9.89. The molecule has 25 heavy (non-hydrogen) atoms. The third-order valence-corrected chi connectivity index (χ3v) is 4.25. The smallest absolute Gasteiger partial charge is 0.290 e. The standard InChI is InChI=1S/C15H11F3N4O2S/c16-15(17,18)8-2-1-3-9(6-8)25-10-4-5-12-11(7-10)13(21-23)20-14(19-12)22-24/h1-7,23-24H,(H2,19,20,21,22). The molecule has 0 spiro atoms. The first-order valence-corrected chi connectivity index (χ1v) is 7.69. The molecule has 3 rings (SSSR count). The molecule has 0 saturated heterocycles. The van der Waals surface area contributed by atoms with Gasteiger partial charge in [-0.2, -0.15) is 18.2 Å². The van der Waals surface area contributed by atoms with Gasteiger partial charge in [-0.25, -0.2) is 10.5 Å². The Morgan fingerprint density at radius 1 is 0.920 bits per heavy atom. The van der Waals surface area contributed by atoms with Crippen LogP contribution in [0.4, 0.5) is 24.9 Å². The van der Waals surface area contributed by atoms with Gasteiger partial charge in [-0.3, -0.25) is 15.9 Å². The van der Waals surface area contributed by atoms with Gasteiger partial charge in [0.05, 0.1) is 11.1 Å². The molecule has 2 aromatic carbocycles. The van der Waals surface area contributed by atoms with Crippen LogP contribution in [-0.2, 0) is 6.18 Å². The highest BCUT2D eigenvalue weighted by atomic mass is 32.2. The van der Waals surface area contributed by atoms with Gasteiger partial charge in [0, 0.05) is 15.2 Å². The van der Waals surface area contributed by atoms with Crippen LogP contribution < -0.4 is 11.0 Å². The fourth-order valence-electron chi connectivity index (χ4n) is 2.18. The average molecular weight is 368 g/mol. The summed E-state index contributed by atoms with van der Waals surface area (Å²) in [6.45, 7) is 0.